The van der Waals surface area contributed by atoms with Gasteiger partial charge in [0.25, 0.3) is 0 Å². The third-order valence-corrected chi connectivity index (χ3v) is 13.3. The third kappa shape index (κ3) is 3.68. The van der Waals surface area contributed by atoms with Crippen LogP contribution in [0.4, 0.5) is 0 Å². The topological polar surface area (TPSA) is 0 Å². The molecule has 0 fully saturated rings. The molecule has 47 heavy (non-hydrogen) atoms. The maximum atomic E-state index is 2.45. The van der Waals surface area contributed by atoms with Crippen molar-refractivity contribution in [3.8, 4) is 22.3 Å². The van der Waals surface area contributed by atoms with E-state index in [0.29, 0.717) is 0 Å². The monoisotopic (exact) mass is 648 g/mol. The molecule has 8 aromatic carbocycles. The van der Waals surface area contributed by atoms with Crippen LogP contribution in [-0.4, -0.2) is 0 Å². The van der Waals surface area contributed by atoms with E-state index in [9.17, 15) is 0 Å². The van der Waals surface area contributed by atoms with Crippen LogP contribution in [0, 0.1) is 0 Å². The fourth-order valence-corrected chi connectivity index (χ4v) is 11.4. The molecule has 218 valence electrons. The summed E-state index contributed by atoms with van der Waals surface area (Å²) in [5.41, 5.74) is 5.17. The molecule has 11 rings (SSSR count). The van der Waals surface area contributed by atoms with Gasteiger partial charge in [0.15, 0.2) is 0 Å². The zero-order chi connectivity index (χ0) is 30.6. The highest BCUT2D eigenvalue weighted by Gasteiger charge is 2.19. The van der Waals surface area contributed by atoms with Crippen molar-refractivity contribution in [2.24, 2.45) is 0 Å². The van der Waals surface area contributed by atoms with E-state index in [1.807, 2.05) is 34.0 Å². The molecule has 0 amide bonds. The average Bonchev–Trinajstić information content (AvgIpc) is 3.80. The first-order valence-corrected chi connectivity index (χ1v) is 18.4. The molecular formula is C44H24S3. The van der Waals surface area contributed by atoms with Crippen LogP contribution in [0.2, 0.25) is 0 Å². The molecule has 0 nitrogen and oxygen atoms in total. The van der Waals surface area contributed by atoms with Crippen molar-refractivity contribution in [1.29, 1.82) is 0 Å². The average molecular weight is 649 g/mol. The summed E-state index contributed by atoms with van der Waals surface area (Å²) in [5, 5.41) is 13.3. The van der Waals surface area contributed by atoms with Gasteiger partial charge in [-0.3, -0.25) is 0 Å². The van der Waals surface area contributed by atoms with E-state index in [1.165, 1.54) is 104 Å². The van der Waals surface area contributed by atoms with E-state index in [1.54, 1.807) is 0 Å². The lowest BCUT2D eigenvalue weighted by Crippen LogP contribution is -1.90. The number of thiophene rings is 3. The molecule has 0 saturated carbocycles. The molecule has 11 aromatic rings. The van der Waals surface area contributed by atoms with Crippen LogP contribution in [0.3, 0.4) is 0 Å². The van der Waals surface area contributed by atoms with E-state index in [-0.39, 0.29) is 0 Å². The highest BCUT2D eigenvalue weighted by molar-refractivity contribution is 7.29. The van der Waals surface area contributed by atoms with Gasteiger partial charge in [0.2, 0.25) is 0 Å². The quantitative estimate of drug-likeness (QED) is 0.164. The fraction of sp³-hybridized carbons (Fsp3) is 0. The molecule has 0 spiro atoms. The second kappa shape index (κ2) is 9.73. The summed E-state index contributed by atoms with van der Waals surface area (Å²) in [4.78, 5) is 0. The first-order valence-electron chi connectivity index (χ1n) is 15.9. The number of hydrogen-bond donors (Lipinski definition) is 0. The van der Waals surface area contributed by atoms with Gasteiger partial charge in [-0.05, 0) is 80.2 Å². The molecule has 3 heterocycles. The van der Waals surface area contributed by atoms with Gasteiger partial charge in [0, 0.05) is 60.5 Å². The Morgan fingerprint density at radius 3 is 1.45 bits per heavy atom. The highest BCUT2D eigenvalue weighted by Crippen LogP contribution is 2.48. The maximum absolute atomic E-state index is 2.45. The normalized spacial score (nSPS) is 12.3. The van der Waals surface area contributed by atoms with Gasteiger partial charge >= 0.3 is 0 Å². The van der Waals surface area contributed by atoms with Gasteiger partial charge in [-0.25, -0.2) is 0 Å². The SMILES string of the molecule is c1ccc2c(c1)sc1cc(-c3c4ccccc4c(-c4ccc5sc6c(ccc7sc8ccccc8c76)c5c4)c4ccccc34)ccc12. The van der Waals surface area contributed by atoms with Crippen LogP contribution < -0.4 is 0 Å². The third-order valence-electron chi connectivity index (χ3n) is 9.87. The Balaban J connectivity index is 1.19. The van der Waals surface area contributed by atoms with Crippen molar-refractivity contribution in [3.05, 3.63) is 146 Å². The van der Waals surface area contributed by atoms with Crippen molar-refractivity contribution >= 4 is 116 Å². The molecule has 0 aliphatic carbocycles. The Labute approximate surface area is 282 Å². The van der Waals surface area contributed by atoms with Gasteiger partial charge in [0.1, 0.15) is 0 Å². The predicted molar refractivity (Wildman–Crippen MR) is 211 cm³/mol. The molecule has 0 radical (unpaired) electrons. The minimum absolute atomic E-state index is 1.27. The second-order valence-electron chi connectivity index (χ2n) is 12.4. The van der Waals surface area contributed by atoms with Crippen molar-refractivity contribution in [1.82, 2.24) is 0 Å². The Hall–Kier alpha value is -5.06. The first-order chi connectivity index (χ1) is 23.3. The molecule has 0 saturated heterocycles. The minimum atomic E-state index is 1.27. The standard InChI is InChI=1S/C44H24S3/c1-3-12-31-29(10-1)41(25-18-21-38-35(23-25)33-20-22-39-43(44(33)47-38)34-14-6-8-16-37(34)45-39)30-11-2-4-13-32(30)42(31)26-17-19-28-27-9-5-7-15-36(27)46-40(28)24-26/h1-24H. The molecule has 0 bridgehead atoms. The second-order valence-corrected chi connectivity index (χ2v) is 15.6. The Morgan fingerprint density at radius 2 is 0.745 bits per heavy atom. The lowest BCUT2D eigenvalue weighted by atomic mass is 9.85. The molecule has 0 aliphatic rings. The van der Waals surface area contributed by atoms with E-state index in [4.69, 9.17) is 0 Å². The predicted octanol–water partition coefficient (Wildman–Crippen LogP) is 14.4. The van der Waals surface area contributed by atoms with Gasteiger partial charge in [0.05, 0.1) is 0 Å². The van der Waals surface area contributed by atoms with Crippen molar-refractivity contribution in [2.45, 2.75) is 0 Å². The van der Waals surface area contributed by atoms with Crippen LogP contribution in [-0.2, 0) is 0 Å². The minimum Gasteiger partial charge on any atom is -0.135 e. The molecule has 0 N–H and O–H groups in total. The zero-order valence-corrected chi connectivity index (χ0v) is 27.5. The van der Waals surface area contributed by atoms with Gasteiger partial charge in [-0.1, -0.05) is 109 Å². The Kier molecular flexibility index (Phi) is 5.39. The van der Waals surface area contributed by atoms with Crippen LogP contribution in [0.15, 0.2) is 146 Å². The summed E-state index contributed by atoms with van der Waals surface area (Å²) >= 11 is 5.72. The Bertz CT molecular complexity index is 3020. The van der Waals surface area contributed by atoms with Crippen LogP contribution in [0.25, 0.3) is 104 Å². The van der Waals surface area contributed by atoms with E-state index >= 15 is 0 Å². The van der Waals surface area contributed by atoms with Crippen molar-refractivity contribution in [2.75, 3.05) is 0 Å². The van der Waals surface area contributed by atoms with Crippen LogP contribution >= 0.6 is 34.0 Å². The summed E-state index contributed by atoms with van der Waals surface area (Å²) < 4.78 is 8.14. The van der Waals surface area contributed by atoms with Gasteiger partial charge < -0.3 is 0 Å². The van der Waals surface area contributed by atoms with Crippen LogP contribution in [0.5, 0.6) is 0 Å². The van der Waals surface area contributed by atoms with Crippen LogP contribution in [0.1, 0.15) is 0 Å². The van der Waals surface area contributed by atoms with E-state index in [2.05, 4.69) is 146 Å². The molecule has 3 aromatic heterocycles. The summed E-state index contributed by atoms with van der Waals surface area (Å²) in [6.45, 7) is 0. The number of benzene rings is 8. The van der Waals surface area contributed by atoms with E-state index < -0.39 is 0 Å². The van der Waals surface area contributed by atoms with E-state index in [0.717, 1.165) is 0 Å². The number of rotatable bonds is 2. The number of hydrogen-bond acceptors (Lipinski definition) is 3. The molecular weight excluding hydrogens is 625 g/mol. The summed E-state index contributed by atoms with van der Waals surface area (Å²) in [6, 6.07) is 54.5. The lowest BCUT2D eigenvalue weighted by molar-refractivity contribution is 1.70. The summed E-state index contributed by atoms with van der Waals surface area (Å²) in [5.74, 6) is 0. The first kappa shape index (κ1) is 26.1. The molecule has 0 atom stereocenters. The van der Waals surface area contributed by atoms with Crippen molar-refractivity contribution in [3.63, 3.8) is 0 Å². The lowest BCUT2D eigenvalue weighted by Gasteiger charge is -2.18. The smallest absolute Gasteiger partial charge is 0.0448 e. The maximum Gasteiger partial charge on any atom is 0.0448 e. The fourth-order valence-electron chi connectivity index (χ4n) is 7.83. The number of fused-ring (bicyclic) bond motifs is 12. The van der Waals surface area contributed by atoms with Gasteiger partial charge in [-0.15, -0.1) is 34.0 Å². The zero-order valence-electron chi connectivity index (χ0n) is 25.1. The molecule has 0 unspecified atom stereocenters. The summed E-state index contributed by atoms with van der Waals surface area (Å²) in [7, 11) is 0. The van der Waals surface area contributed by atoms with Crippen molar-refractivity contribution < 1.29 is 0 Å². The highest BCUT2D eigenvalue weighted by atomic mass is 32.1. The van der Waals surface area contributed by atoms with Gasteiger partial charge in [-0.2, -0.15) is 0 Å². The molecule has 0 aliphatic heterocycles. The molecule has 3 heteroatoms. The largest absolute Gasteiger partial charge is 0.135 e. The Morgan fingerprint density at radius 1 is 0.277 bits per heavy atom. The summed E-state index contributed by atoms with van der Waals surface area (Å²) in [6.07, 6.45) is 0.